The van der Waals surface area contributed by atoms with Crippen LogP contribution in [0.15, 0.2) is 10.6 Å². The van der Waals surface area contributed by atoms with E-state index in [0.29, 0.717) is 18.0 Å². The number of rotatable bonds is 3. The number of amides is 1. The van der Waals surface area contributed by atoms with Crippen LogP contribution in [-0.4, -0.2) is 11.1 Å². The molecule has 0 spiro atoms. The van der Waals surface area contributed by atoms with Crippen LogP contribution >= 0.6 is 0 Å². The average Bonchev–Trinajstić information content (AvgIpc) is 2.53. The summed E-state index contributed by atoms with van der Waals surface area (Å²) < 4.78 is 4.76. The van der Waals surface area contributed by atoms with Crippen LogP contribution in [0.5, 0.6) is 0 Å². The Labute approximate surface area is 81.7 Å². The molecule has 0 aromatic carbocycles. The van der Waals surface area contributed by atoms with Gasteiger partial charge in [0.05, 0.1) is 6.07 Å². The molecule has 0 radical (unpaired) electrons. The van der Waals surface area contributed by atoms with Crippen molar-refractivity contribution in [3.63, 3.8) is 0 Å². The Morgan fingerprint density at radius 2 is 2.57 bits per heavy atom. The molecule has 0 aliphatic heterocycles. The minimum atomic E-state index is -0.632. The number of hydrogen-bond donors (Lipinski definition) is 1. The highest BCUT2D eigenvalue weighted by Crippen LogP contribution is 2.10. The van der Waals surface area contributed by atoms with E-state index < -0.39 is 5.92 Å². The van der Waals surface area contributed by atoms with E-state index in [2.05, 4.69) is 10.5 Å². The third kappa shape index (κ3) is 2.33. The third-order valence-corrected chi connectivity index (χ3v) is 1.76. The molecule has 1 atom stereocenters. The summed E-state index contributed by atoms with van der Waals surface area (Å²) in [7, 11) is 0. The van der Waals surface area contributed by atoms with Crippen molar-refractivity contribution in [2.75, 3.05) is 5.32 Å². The van der Waals surface area contributed by atoms with Gasteiger partial charge in [-0.25, -0.2) is 0 Å². The Bertz CT molecular complexity index is 364. The van der Waals surface area contributed by atoms with Gasteiger partial charge in [-0.2, -0.15) is 5.26 Å². The zero-order chi connectivity index (χ0) is 10.6. The van der Waals surface area contributed by atoms with Crippen molar-refractivity contribution in [1.29, 1.82) is 5.26 Å². The molecular weight excluding hydrogens is 182 g/mol. The molecule has 1 unspecified atom stereocenters. The molecule has 1 aromatic rings. The molecule has 74 valence electrons. The standard InChI is InChI=1S/C9H11N3O2/c1-3-7(5-10)9(13)11-8-4-6(2)14-12-8/h4,7H,3H2,1-2H3,(H,11,12,13). The van der Waals surface area contributed by atoms with Crippen LogP contribution in [-0.2, 0) is 4.79 Å². The summed E-state index contributed by atoms with van der Waals surface area (Å²) in [6.07, 6.45) is 0.485. The van der Waals surface area contributed by atoms with Gasteiger partial charge in [0.25, 0.3) is 0 Å². The largest absolute Gasteiger partial charge is 0.360 e. The fourth-order valence-corrected chi connectivity index (χ4v) is 0.974. The van der Waals surface area contributed by atoms with Crippen LogP contribution in [0.1, 0.15) is 19.1 Å². The lowest BCUT2D eigenvalue weighted by atomic mass is 10.1. The van der Waals surface area contributed by atoms with E-state index in [4.69, 9.17) is 9.78 Å². The van der Waals surface area contributed by atoms with Gasteiger partial charge in [-0.05, 0) is 13.3 Å². The molecule has 0 fully saturated rings. The summed E-state index contributed by atoms with van der Waals surface area (Å²) in [5, 5.41) is 14.7. The molecule has 0 saturated heterocycles. The maximum atomic E-state index is 11.4. The van der Waals surface area contributed by atoms with Gasteiger partial charge in [0.15, 0.2) is 5.82 Å². The fourth-order valence-electron chi connectivity index (χ4n) is 0.974. The van der Waals surface area contributed by atoms with Gasteiger partial charge in [-0.1, -0.05) is 12.1 Å². The fraction of sp³-hybridized carbons (Fsp3) is 0.444. The minimum Gasteiger partial charge on any atom is -0.360 e. The van der Waals surface area contributed by atoms with Crippen LogP contribution < -0.4 is 5.32 Å². The first-order valence-corrected chi connectivity index (χ1v) is 4.31. The molecule has 14 heavy (non-hydrogen) atoms. The van der Waals surface area contributed by atoms with Gasteiger partial charge in [-0.3, -0.25) is 4.79 Å². The SMILES string of the molecule is CCC(C#N)C(=O)Nc1cc(C)on1. The second kappa shape index (κ2) is 4.42. The molecule has 5 heteroatoms. The lowest BCUT2D eigenvalue weighted by molar-refractivity contribution is -0.118. The number of carbonyl (C=O) groups excluding carboxylic acids is 1. The first-order valence-electron chi connectivity index (χ1n) is 4.31. The van der Waals surface area contributed by atoms with Gasteiger partial charge in [0.1, 0.15) is 11.7 Å². The topological polar surface area (TPSA) is 78.9 Å². The van der Waals surface area contributed by atoms with Crippen LogP contribution in [0.4, 0.5) is 5.82 Å². The molecule has 1 aromatic heterocycles. The van der Waals surface area contributed by atoms with Gasteiger partial charge in [0.2, 0.25) is 5.91 Å². The number of aromatic nitrogens is 1. The minimum absolute atomic E-state index is 0.344. The van der Waals surface area contributed by atoms with Crippen LogP contribution in [0.2, 0.25) is 0 Å². The second-order valence-corrected chi connectivity index (χ2v) is 2.90. The van der Waals surface area contributed by atoms with Crippen molar-refractivity contribution in [2.45, 2.75) is 20.3 Å². The molecule has 1 N–H and O–H groups in total. The molecule has 1 rings (SSSR count). The summed E-state index contributed by atoms with van der Waals surface area (Å²) in [4.78, 5) is 11.4. The Kier molecular flexibility index (Phi) is 3.24. The molecule has 0 aliphatic rings. The van der Waals surface area contributed by atoms with E-state index in [1.54, 1.807) is 19.9 Å². The summed E-state index contributed by atoms with van der Waals surface area (Å²) in [6.45, 7) is 3.51. The van der Waals surface area contributed by atoms with Crippen molar-refractivity contribution in [1.82, 2.24) is 5.16 Å². The summed E-state index contributed by atoms with van der Waals surface area (Å²) in [6, 6.07) is 3.51. The molecular formula is C9H11N3O2. The first kappa shape index (κ1) is 10.3. The number of nitrogens with one attached hydrogen (secondary N) is 1. The predicted octanol–water partition coefficient (Wildman–Crippen LogP) is 1.47. The van der Waals surface area contributed by atoms with Crippen LogP contribution in [0, 0.1) is 24.2 Å². The highest BCUT2D eigenvalue weighted by molar-refractivity contribution is 5.93. The van der Waals surface area contributed by atoms with E-state index in [-0.39, 0.29) is 5.91 Å². The lowest BCUT2D eigenvalue weighted by Crippen LogP contribution is -2.20. The Hall–Kier alpha value is -1.83. The Morgan fingerprint density at radius 1 is 1.86 bits per heavy atom. The highest BCUT2D eigenvalue weighted by Gasteiger charge is 2.16. The maximum Gasteiger partial charge on any atom is 0.242 e. The third-order valence-electron chi connectivity index (χ3n) is 1.76. The smallest absolute Gasteiger partial charge is 0.242 e. The number of nitrogens with zero attached hydrogens (tertiary/aromatic N) is 2. The molecule has 1 amide bonds. The number of aryl methyl sites for hydroxylation is 1. The number of anilines is 1. The Balaban J connectivity index is 2.62. The first-order chi connectivity index (χ1) is 6.67. The van der Waals surface area contributed by atoms with E-state index >= 15 is 0 Å². The van der Waals surface area contributed by atoms with E-state index in [0.717, 1.165) is 0 Å². The van der Waals surface area contributed by atoms with Crippen molar-refractivity contribution in [2.24, 2.45) is 5.92 Å². The molecule has 1 heterocycles. The van der Waals surface area contributed by atoms with E-state index in [9.17, 15) is 4.79 Å². The second-order valence-electron chi connectivity index (χ2n) is 2.90. The number of carbonyl (C=O) groups is 1. The van der Waals surface area contributed by atoms with Crippen molar-refractivity contribution < 1.29 is 9.32 Å². The monoisotopic (exact) mass is 193 g/mol. The average molecular weight is 193 g/mol. The van der Waals surface area contributed by atoms with Crippen molar-refractivity contribution in [3.8, 4) is 6.07 Å². The predicted molar refractivity (Wildman–Crippen MR) is 49.3 cm³/mol. The zero-order valence-electron chi connectivity index (χ0n) is 8.07. The Morgan fingerprint density at radius 3 is 3.00 bits per heavy atom. The van der Waals surface area contributed by atoms with Crippen LogP contribution in [0.25, 0.3) is 0 Å². The quantitative estimate of drug-likeness (QED) is 0.788. The normalized spacial score (nSPS) is 11.8. The van der Waals surface area contributed by atoms with Crippen molar-refractivity contribution in [3.05, 3.63) is 11.8 Å². The summed E-state index contributed by atoms with van der Waals surface area (Å²) in [5.41, 5.74) is 0. The number of nitriles is 1. The molecule has 0 bridgehead atoms. The zero-order valence-corrected chi connectivity index (χ0v) is 8.07. The molecule has 0 saturated carbocycles. The van der Waals surface area contributed by atoms with E-state index in [1.807, 2.05) is 6.07 Å². The van der Waals surface area contributed by atoms with E-state index in [1.165, 1.54) is 0 Å². The highest BCUT2D eigenvalue weighted by atomic mass is 16.5. The lowest BCUT2D eigenvalue weighted by Gasteiger charge is -2.03. The molecule has 0 aliphatic carbocycles. The maximum absolute atomic E-state index is 11.4. The van der Waals surface area contributed by atoms with Crippen LogP contribution in [0.3, 0.4) is 0 Å². The summed E-state index contributed by atoms with van der Waals surface area (Å²) in [5.74, 6) is -0.0122. The molecule has 5 nitrogen and oxygen atoms in total. The van der Waals surface area contributed by atoms with Gasteiger partial charge >= 0.3 is 0 Å². The van der Waals surface area contributed by atoms with Crippen molar-refractivity contribution >= 4 is 11.7 Å². The number of hydrogen-bond acceptors (Lipinski definition) is 4. The van der Waals surface area contributed by atoms with Gasteiger partial charge in [0, 0.05) is 6.07 Å². The van der Waals surface area contributed by atoms with Gasteiger partial charge in [-0.15, -0.1) is 0 Å². The van der Waals surface area contributed by atoms with Gasteiger partial charge < -0.3 is 9.84 Å². The summed E-state index contributed by atoms with van der Waals surface area (Å²) >= 11 is 0.